The van der Waals surface area contributed by atoms with Gasteiger partial charge < -0.3 is 9.47 Å². The van der Waals surface area contributed by atoms with Crippen LogP contribution >= 0.6 is 11.3 Å². The van der Waals surface area contributed by atoms with Gasteiger partial charge in [-0.3, -0.25) is 10.2 Å². The van der Waals surface area contributed by atoms with Gasteiger partial charge in [-0.2, -0.15) is 0 Å². The topological polar surface area (TPSA) is 50.8 Å². The Morgan fingerprint density at radius 1 is 0.960 bits per heavy atom. The molecule has 0 aliphatic carbocycles. The van der Waals surface area contributed by atoms with Crippen LogP contribution in [0.3, 0.4) is 0 Å². The van der Waals surface area contributed by atoms with Gasteiger partial charge in [-0.15, -0.1) is 11.3 Å². The number of hydrazine groups is 1. The van der Waals surface area contributed by atoms with Gasteiger partial charge in [0, 0.05) is 0 Å². The van der Waals surface area contributed by atoms with Gasteiger partial charge in [0.2, 0.25) is 0 Å². The molecule has 3 rings (SSSR count). The van der Waals surface area contributed by atoms with Crippen molar-refractivity contribution in [2.45, 2.75) is 0 Å². The van der Waals surface area contributed by atoms with E-state index in [9.17, 15) is 4.79 Å². The van der Waals surface area contributed by atoms with Crippen molar-refractivity contribution in [3.05, 3.63) is 70.9 Å². The number of methoxy groups -OCH3 is 2. The molecule has 0 aliphatic heterocycles. The number of rotatable bonds is 6. The van der Waals surface area contributed by atoms with Gasteiger partial charge in [-0.25, -0.2) is 5.01 Å². The van der Waals surface area contributed by atoms with E-state index in [1.54, 1.807) is 25.3 Å². The molecule has 25 heavy (non-hydrogen) atoms. The first-order valence-corrected chi connectivity index (χ1v) is 8.52. The zero-order valence-corrected chi connectivity index (χ0v) is 14.7. The van der Waals surface area contributed by atoms with Crippen LogP contribution in [0.5, 0.6) is 11.5 Å². The molecule has 2 aromatic carbocycles. The first-order chi connectivity index (χ1) is 12.2. The molecule has 0 bridgehead atoms. The molecule has 3 aromatic rings. The highest BCUT2D eigenvalue weighted by molar-refractivity contribution is 7.12. The lowest BCUT2D eigenvalue weighted by molar-refractivity contribution is 0.0957. The predicted octanol–water partition coefficient (Wildman–Crippen LogP) is 4.25. The molecule has 0 spiro atoms. The molecule has 1 amide bonds. The highest BCUT2D eigenvalue weighted by Gasteiger charge is 2.18. The highest BCUT2D eigenvalue weighted by atomic mass is 32.1. The van der Waals surface area contributed by atoms with Crippen molar-refractivity contribution in [2.75, 3.05) is 19.2 Å². The lowest BCUT2D eigenvalue weighted by Crippen LogP contribution is -2.38. The maximum atomic E-state index is 12.6. The average molecular weight is 354 g/mol. The van der Waals surface area contributed by atoms with Crippen molar-refractivity contribution in [2.24, 2.45) is 0 Å². The molecule has 0 fully saturated rings. The number of benzene rings is 2. The molecule has 1 N–H and O–H groups in total. The molecular formula is C19H18N2O3S. The maximum absolute atomic E-state index is 12.6. The number of para-hydroxylation sites is 2. The van der Waals surface area contributed by atoms with Gasteiger partial charge in [0.1, 0.15) is 17.2 Å². The molecule has 0 radical (unpaired) electrons. The van der Waals surface area contributed by atoms with Gasteiger partial charge in [-0.05, 0) is 47.8 Å². The van der Waals surface area contributed by atoms with Crippen LogP contribution in [0.1, 0.15) is 9.67 Å². The fourth-order valence-electron chi connectivity index (χ4n) is 2.37. The Morgan fingerprint density at radius 2 is 1.72 bits per heavy atom. The van der Waals surface area contributed by atoms with E-state index in [1.165, 1.54) is 11.3 Å². The number of ether oxygens (including phenoxy) is 2. The number of thiophene rings is 1. The second kappa shape index (κ2) is 7.72. The summed E-state index contributed by atoms with van der Waals surface area (Å²) in [5.41, 5.74) is 4.47. The Balaban J connectivity index is 1.99. The smallest absolute Gasteiger partial charge is 0.280 e. The molecule has 0 aliphatic rings. The Hall–Kier alpha value is -2.99. The summed E-state index contributed by atoms with van der Waals surface area (Å²) < 4.78 is 10.7. The molecule has 0 unspecified atom stereocenters. The van der Waals surface area contributed by atoms with Crippen molar-refractivity contribution < 1.29 is 14.3 Å². The normalized spacial score (nSPS) is 10.2. The summed E-state index contributed by atoms with van der Waals surface area (Å²) >= 11 is 1.39. The van der Waals surface area contributed by atoms with Crippen LogP contribution in [0.15, 0.2) is 66.0 Å². The summed E-state index contributed by atoms with van der Waals surface area (Å²) in [6, 6.07) is 18.6. The molecule has 0 saturated carbocycles. The summed E-state index contributed by atoms with van der Waals surface area (Å²) in [6.45, 7) is 0. The molecule has 6 heteroatoms. The Kier molecular flexibility index (Phi) is 5.20. The Bertz CT molecular complexity index is 832. The van der Waals surface area contributed by atoms with Crippen molar-refractivity contribution in [1.82, 2.24) is 5.43 Å². The van der Waals surface area contributed by atoms with Crippen molar-refractivity contribution in [3.8, 4) is 11.5 Å². The first-order valence-electron chi connectivity index (χ1n) is 7.64. The number of nitrogens with zero attached hydrogens (tertiary/aromatic N) is 1. The van der Waals surface area contributed by atoms with Crippen LogP contribution in [0.4, 0.5) is 11.4 Å². The van der Waals surface area contributed by atoms with E-state index in [2.05, 4.69) is 5.43 Å². The third-order valence-corrected chi connectivity index (χ3v) is 4.48. The van der Waals surface area contributed by atoms with Crippen LogP contribution in [-0.4, -0.2) is 20.1 Å². The van der Waals surface area contributed by atoms with Crippen LogP contribution in [-0.2, 0) is 0 Å². The van der Waals surface area contributed by atoms with E-state index < -0.39 is 0 Å². The van der Waals surface area contributed by atoms with E-state index >= 15 is 0 Å². The molecule has 1 aromatic heterocycles. The van der Waals surface area contributed by atoms with Crippen molar-refractivity contribution in [1.29, 1.82) is 0 Å². The number of anilines is 2. The van der Waals surface area contributed by atoms with Crippen molar-refractivity contribution >= 4 is 28.6 Å². The monoisotopic (exact) mass is 354 g/mol. The third kappa shape index (κ3) is 3.75. The van der Waals surface area contributed by atoms with E-state index in [1.807, 2.05) is 60.0 Å². The predicted molar refractivity (Wildman–Crippen MR) is 99.9 cm³/mol. The minimum atomic E-state index is -0.184. The van der Waals surface area contributed by atoms with Crippen molar-refractivity contribution in [3.63, 3.8) is 0 Å². The molecular weight excluding hydrogens is 336 g/mol. The summed E-state index contributed by atoms with van der Waals surface area (Å²) in [6.07, 6.45) is 0. The SMILES string of the molecule is COc1ccc(N(NC(=O)c2cccs2)c2ccccc2OC)cc1. The quantitative estimate of drug-likeness (QED) is 0.673. The zero-order valence-electron chi connectivity index (χ0n) is 13.9. The summed E-state index contributed by atoms with van der Waals surface area (Å²) in [5.74, 6) is 1.22. The standard InChI is InChI=1S/C19H18N2O3S/c1-23-15-11-9-14(10-12-15)21(16-6-3-4-7-17(16)24-2)20-19(22)18-8-5-13-25-18/h3-13H,1-2H3,(H,20,22). The summed E-state index contributed by atoms with van der Waals surface area (Å²) in [5, 5.41) is 3.58. The fourth-order valence-corrected chi connectivity index (χ4v) is 2.99. The molecule has 1 heterocycles. The molecule has 5 nitrogen and oxygen atoms in total. The summed E-state index contributed by atoms with van der Waals surface area (Å²) in [4.78, 5) is 13.2. The molecule has 128 valence electrons. The second-order valence-corrected chi connectivity index (χ2v) is 6.07. The lowest BCUT2D eigenvalue weighted by Gasteiger charge is -2.26. The minimum Gasteiger partial charge on any atom is -0.497 e. The second-order valence-electron chi connectivity index (χ2n) is 5.12. The average Bonchev–Trinajstić information content (AvgIpc) is 3.21. The van der Waals surface area contributed by atoms with Crippen LogP contribution < -0.4 is 19.9 Å². The van der Waals surface area contributed by atoms with Gasteiger partial charge in [0.15, 0.2) is 0 Å². The summed E-state index contributed by atoms with van der Waals surface area (Å²) in [7, 11) is 3.22. The number of carbonyl (C=O) groups is 1. The number of amides is 1. The van der Waals surface area contributed by atoms with E-state index in [0.717, 1.165) is 17.1 Å². The van der Waals surface area contributed by atoms with E-state index in [0.29, 0.717) is 10.6 Å². The first kappa shape index (κ1) is 16.9. The number of hydrogen-bond donors (Lipinski definition) is 1. The molecule has 0 atom stereocenters. The van der Waals surface area contributed by atoms with Crippen LogP contribution in [0.25, 0.3) is 0 Å². The minimum absolute atomic E-state index is 0.184. The highest BCUT2D eigenvalue weighted by Crippen LogP contribution is 2.33. The van der Waals surface area contributed by atoms with E-state index in [-0.39, 0.29) is 5.91 Å². The van der Waals surface area contributed by atoms with Gasteiger partial charge in [0.05, 0.1) is 24.8 Å². The van der Waals surface area contributed by atoms with Gasteiger partial charge in [0.25, 0.3) is 5.91 Å². The number of hydrogen-bond acceptors (Lipinski definition) is 5. The zero-order chi connectivity index (χ0) is 17.6. The third-order valence-electron chi connectivity index (χ3n) is 3.62. The van der Waals surface area contributed by atoms with Crippen LogP contribution in [0.2, 0.25) is 0 Å². The maximum Gasteiger partial charge on any atom is 0.280 e. The number of carbonyl (C=O) groups excluding carboxylic acids is 1. The van der Waals surface area contributed by atoms with E-state index in [4.69, 9.17) is 9.47 Å². The molecule has 0 saturated heterocycles. The lowest BCUT2D eigenvalue weighted by atomic mass is 10.2. The fraction of sp³-hybridized carbons (Fsp3) is 0.105. The van der Waals surface area contributed by atoms with Gasteiger partial charge >= 0.3 is 0 Å². The number of nitrogens with one attached hydrogen (secondary N) is 1. The van der Waals surface area contributed by atoms with Gasteiger partial charge in [-0.1, -0.05) is 18.2 Å². The largest absolute Gasteiger partial charge is 0.497 e. The van der Waals surface area contributed by atoms with Crippen LogP contribution in [0, 0.1) is 0 Å². The Morgan fingerprint density at radius 3 is 2.36 bits per heavy atom. The Labute approximate surface area is 150 Å².